The largest absolute Gasteiger partial charge is 0.481 e. The average Bonchev–Trinajstić information content (AvgIpc) is 2.64. The van der Waals surface area contributed by atoms with Crippen LogP contribution < -0.4 is 4.90 Å². The van der Waals surface area contributed by atoms with E-state index in [-0.39, 0.29) is 6.42 Å². The van der Waals surface area contributed by atoms with Gasteiger partial charge in [-0.3, -0.25) is 4.79 Å². The van der Waals surface area contributed by atoms with Crippen LogP contribution in [0.3, 0.4) is 0 Å². The standard InChI is InChI=1S/C14H21N3O2/c1-2-17(9-8-13(18)19)14-11-6-4-3-5-7-12(11)15-10-16-14/h10H,2-9H2,1H3,(H,18,19). The molecule has 0 spiro atoms. The van der Waals surface area contributed by atoms with Gasteiger partial charge in [0.05, 0.1) is 6.42 Å². The SMILES string of the molecule is CCN(CCC(=O)O)c1ncnc2c1CCCCC2. The van der Waals surface area contributed by atoms with Gasteiger partial charge in [-0.1, -0.05) is 6.42 Å². The number of aliphatic carboxylic acids is 1. The molecule has 0 atom stereocenters. The van der Waals surface area contributed by atoms with Crippen LogP contribution in [0.15, 0.2) is 6.33 Å². The number of aromatic nitrogens is 2. The summed E-state index contributed by atoms with van der Waals surface area (Å²) in [4.78, 5) is 21.6. The molecule has 1 heterocycles. The Labute approximate surface area is 113 Å². The van der Waals surface area contributed by atoms with Gasteiger partial charge in [-0.05, 0) is 32.6 Å². The lowest BCUT2D eigenvalue weighted by molar-refractivity contribution is -0.136. The maximum absolute atomic E-state index is 10.7. The molecule has 5 heteroatoms. The number of carbonyl (C=O) groups is 1. The molecule has 0 bridgehead atoms. The highest BCUT2D eigenvalue weighted by Gasteiger charge is 2.18. The Morgan fingerprint density at radius 3 is 2.84 bits per heavy atom. The maximum atomic E-state index is 10.7. The van der Waals surface area contributed by atoms with Gasteiger partial charge in [0.2, 0.25) is 0 Å². The molecule has 0 aliphatic heterocycles. The second kappa shape index (κ2) is 6.50. The molecule has 0 saturated heterocycles. The number of anilines is 1. The van der Waals surface area contributed by atoms with Crippen molar-refractivity contribution >= 4 is 11.8 Å². The van der Waals surface area contributed by atoms with Crippen molar-refractivity contribution in [3.63, 3.8) is 0 Å². The van der Waals surface area contributed by atoms with E-state index in [0.717, 1.165) is 30.9 Å². The average molecular weight is 263 g/mol. The maximum Gasteiger partial charge on any atom is 0.305 e. The van der Waals surface area contributed by atoms with Crippen LogP contribution >= 0.6 is 0 Å². The van der Waals surface area contributed by atoms with Crippen molar-refractivity contribution in [3.05, 3.63) is 17.6 Å². The first kappa shape index (κ1) is 13.8. The third-order valence-corrected chi connectivity index (χ3v) is 3.63. The van der Waals surface area contributed by atoms with E-state index in [1.54, 1.807) is 6.33 Å². The van der Waals surface area contributed by atoms with Crippen LogP contribution in [0.4, 0.5) is 5.82 Å². The zero-order valence-electron chi connectivity index (χ0n) is 11.4. The minimum Gasteiger partial charge on any atom is -0.481 e. The van der Waals surface area contributed by atoms with E-state index >= 15 is 0 Å². The minimum atomic E-state index is -0.765. The Balaban J connectivity index is 2.24. The summed E-state index contributed by atoms with van der Waals surface area (Å²) >= 11 is 0. The van der Waals surface area contributed by atoms with Crippen LogP contribution in [0.2, 0.25) is 0 Å². The van der Waals surface area contributed by atoms with Crippen LogP contribution in [0.5, 0.6) is 0 Å². The van der Waals surface area contributed by atoms with Crippen molar-refractivity contribution in [2.24, 2.45) is 0 Å². The van der Waals surface area contributed by atoms with Gasteiger partial charge in [-0.15, -0.1) is 0 Å². The summed E-state index contributed by atoms with van der Waals surface area (Å²) in [6.45, 7) is 3.32. The lowest BCUT2D eigenvalue weighted by atomic mass is 10.1. The lowest BCUT2D eigenvalue weighted by Crippen LogP contribution is -2.28. The molecule has 1 aliphatic carbocycles. The Morgan fingerprint density at radius 2 is 2.11 bits per heavy atom. The molecule has 5 nitrogen and oxygen atoms in total. The normalized spacial score (nSPS) is 14.6. The molecule has 0 fully saturated rings. The number of nitrogens with zero attached hydrogens (tertiary/aromatic N) is 3. The summed E-state index contributed by atoms with van der Waals surface area (Å²) in [5.41, 5.74) is 2.38. The topological polar surface area (TPSA) is 66.3 Å². The lowest BCUT2D eigenvalue weighted by Gasteiger charge is -2.24. The van der Waals surface area contributed by atoms with E-state index in [0.29, 0.717) is 6.54 Å². The minimum absolute atomic E-state index is 0.145. The number of fused-ring (bicyclic) bond motifs is 1. The van der Waals surface area contributed by atoms with E-state index in [1.807, 2.05) is 6.92 Å². The molecule has 0 unspecified atom stereocenters. The van der Waals surface area contributed by atoms with Crippen LogP contribution in [0.25, 0.3) is 0 Å². The highest BCUT2D eigenvalue weighted by atomic mass is 16.4. The molecule has 19 heavy (non-hydrogen) atoms. The van der Waals surface area contributed by atoms with Gasteiger partial charge < -0.3 is 10.0 Å². The molecule has 2 rings (SSSR count). The van der Waals surface area contributed by atoms with Gasteiger partial charge in [0.25, 0.3) is 0 Å². The summed E-state index contributed by atoms with van der Waals surface area (Å²) in [6, 6.07) is 0. The van der Waals surface area contributed by atoms with Crippen LogP contribution in [0.1, 0.15) is 43.9 Å². The van der Waals surface area contributed by atoms with E-state index < -0.39 is 5.97 Å². The Kier molecular flexibility index (Phi) is 4.71. The van der Waals surface area contributed by atoms with Crippen molar-refractivity contribution in [2.75, 3.05) is 18.0 Å². The number of hydrogen-bond donors (Lipinski definition) is 1. The molecule has 0 aromatic carbocycles. The molecule has 0 radical (unpaired) electrons. The van der Waals surface area contributed by atoms with E-state index in [4.69, 9.17) is 5.11 Å². The third kappa shape index (κ3) is 3.43. The molecule has 0 saturated carbocycles. The van der Waals surface area contributed by atoms with Crippen LogP contribution in [-0.4, -0.2) is 34.1 Å². The summed E-state index contributed by atoms with van der Waals surface area (Å²) < 4.78 is 0. The van der Waals surface area contributed by atoms with Crippen molar-refractivity contribution in [2.45, 2.75) is 45.4 Å². The van der Waals surface area contributed by atoms with Gasteiger partial charge in [0.15, 0.2) is 0 Å². The predicted octanol–water partition coefficient (Wildman–Crippen LogP) is 2.05. The number of aryl methyl sites for hydroxylation is 1. The van der Waals surface area contributed by atoms with Gasteiger partial charge in [-0.2, -0.15) is 0 Å². The number of carboxylic acid groups (broad SMARTS) is 1. The second-order valence-electron chi connectivity index (χ2n) is 4.91. The summed E-state index contributed by atoms with van der Waals surface area (Å²) in [6.07, 6.45) is 7.37. The zero-order valence-corrected chi connectivity index (χ0v) is 11.4. The number of rotatable bonds is 5. The first-order chi connectivity index (χ1) is 9.22. The third-order valence-electron chi connectivity index (χ3n) is 3.63. The van der Waals surface area contributed by atoms with Crippen LogP contribution in [-0.2, 0) is 17.6 Å². The van der Waals surface area contributed by atoms with Gasteiger partial charge in [-0.25, -0.2) is 9.97 Å². The number of carboxylic acids is 1. The van der Waals surface area contributed by atoms with Gasteiger partial charge in [0.1, 0.15) is 12.1 Å². The molecule has 1 aromatic rings. The first-order valence-electron chi connectivity index (χ1n) is 7.02. The fourth-order valence-corrected chi connectivity index (χ4v) is 2.60. The van der Waals surface area contributed by atoms with Gasteiger partial charge >= 0.3 is 5.97 Å². The van der Waals surface area contributed by atoms with Crippen molar-refractivity contribution in [1.29, 1.82) is 0 Å². The molecule has 1 aliphatic rings. The fraction of sp³-hybridized carbons (Fsp3) is 0.643. The highest BCUT2D eigenvalue weighted by Crippen LogP contribution is 2.26. The zero-order chi connectivity index (χ0) is 13.7. The summed E-state index contributed by atoms with van der Waals surface area (Å²) in [7, 11) is 0. The summed E-state index contributed by atoms with van der Waals surface area (Å²) in [5, 5.41) is 8.83. The number of hydrogen-bond acceptors (Lipinski definition) is 4. The predicted molar refractivity (Wildman–Crippen MR) is 73.4 cm³/mol. The van der Waals surface area contributed by atoms with Gasteiger partial charge in [0, 0.05) is 24.3 Å². The molecule has 1 aromatic heterocycles. The monoisotopic (exact) mass is 263 g/mol. The highest BCUT2D eigenvalue weighted by molar-refractivity contribution is 5.67. The fourth-order valence-electron chi connectivity index (χ4n) is 2.60. The molecule has 1 N–H and O–H groups in total. The molecule has 0 amide bonds. The van der Waals surface area contributed by atoms with E-state index in [9.17, 15) is 4.79 Å². The smallest absolute Gasteiger partial charge is 0.305 e. The Morgan fingerprint density at radius 1 is 1.32 bits per heavy atom. The quantitative estimate of drug-likeness (QED) is 0.823. The van der Waals surface area contributed by atoms with Crippen LogP contribution in [0, 0.1) is 0 Å². The van der Waals surface area contributed by atoms with E-state index in [2.05, 4.69) is 14.9 Å². The van der Waals surface area contributed by atoms with Crippen molar-refractivity contribution < 1.29 is 9.90 Å². The first-order valence-corrected chi connectivity index (χ1v) is 7.02. The van der Waals surface area contributed by atoms with Crippen molar-refractivity contribution in [3.8, 4) is 0 Å². The summed E-state index contributed by atoms with van der Waals surface area (Å²) in [5.74, 6) is 0.175. The second-order valence-corrected chi connectivity index (χ2v) is 4.91. The Hall–Kier alpha value is -1.65. The Bertz CT molecular complexity index is 448. The molecule has 104 valence electrons. The molecular weight excluding hydrogens is 242 g/mol. The molecular formula is C14H21N3O2. The van der Waals surface area contributed by atoms with E-state index in [1.165, 1.54) is 24.8 Å². The van der Waals surface area contributed by atoms with Crippen molar-refractivity contribution in [1.82, 2.24) is 9.97 Å².